The predicted molar refractivity (Wildman–Crippen MR) is 69.3 cm³/mol. The lowest BCUT2D eigenvalue weighted by molar-refractivity contribution is -0.0262. The Morgan fingerprint density at radius 2 is 2.38 bits per heavy atom. The van der Waals surface area contributed by atoms with E-state index in [0.717, 1.165) is 51.5 Å². The summed E-state index contributed by atoms with van der Waals surface area (Å²) in [5, 5.41) is 3.52. The number of alkyl halides is 1. The van der Waals surface area contributed by atoms with Gasteiger partial charge in [0, 0.05) is 31.6 Å². The van der Waals surface area contributed by atoms with E-state index >= 15 is 0 Å². The standard InChI is InChI=1S/C12H25ClN2O/c1-3-15-7-8-16-12(10-15)9-14-11(2)5-4-6-13/h11-12,14H,3-10H2,1-2H3. The van der Waals surface area contributed by atoms with Gasteiger partial charge in [-0.1, -0.05) is 6.92 Å². The molecule has 2 unspecified atom stereocenters. The van der Waals surface area contributed by atoms with Crippen molar-refractivity contribution >= 4 is 11.6 Å². The van der Waals surface area contributed by atoms with Gasteiger partial charge >= 0.3 is 0 Å². The minimum Gasteiger partial charge on any atom is -0.374 e. The normalized spacial score (nSPS) is 24.6. The number of ether oxygens (including phenoxy) is 1. The molecule has 1 N–H and O–H groups in total. The van der Waals surface area contributed by atoms with Crippen molar-refractivity contribution in [2.45, 2.75) is 38.8 Å². The Morgan fingerprint density at radius 1 is 1.56 bits per heavy atom. The van der Waals surface area contributed by atoms with Gasteiger partial charge in [0.05, 0.1) is 12.7 Å². The fraction of sp³-hybridized carbons (Fsp3) is 1.00. The molecule has 4 heteroatoms. The van der Waals surface area contributed by atoms with Gasteiger partial charge in [0.1, 0.15) is 0 Å². The van der Waals surface area contributed by atoms with Crippen molar-refractivity contribution in [1.29, 1.82) is 0 Å². The van der Waals surface area contributed by atoms with Crippen LogP contribution < -0.4 is 5.32 Å². The lowest BCUT2D eigenvalue weighted by atomic mass is 10.2. The Bertz CT molecular complexity index is 180. The van der Waals surface area contributed by atoms with Crippen molar-refractivity contribution in [2.24, 2.45) is 0 Å². The second kappa shape index (κ2) is 8.29. The minimum absolute atomic E-state index is 0.354. The van der Waals surface area contributed by atoms with Crippen molar-refractivity contribution in [1.82, 2.24) is 10.2 Å². The van der Waals surface area contributed by atoms with Gasteiger partial charge < -0.3 is 10.1 Å². The van der Waals surface area contributed by atoms with Gasteiger partial charge in [0.15, 0.2) is 0 Å². The van der Waals surface area contributed by atoms with Gasteiger partial charge in [-0.15, -0.1) is 11.6 Å². The molecule has 0 aromatic carbocycles. The van der Waals surface area contributed by atoms with Crippen LogP contribution in [0.4, 0.5) is 0 Å². The highest BCUT2D eigenvalue weighted by Crippen LogP contribution is 2.05. The summed E-state index contributed by atoms with van der Waals surface area (Å²) in [6.07, 6.45) is 2.59. The quantitative estimate of drug-likeness (QED) is 0.695. The minimum atomic E-state index is 0.354. The van der Waals surface area contributed by atoms with Crippen LogP contribution in [0.15, 0.2) is 0 Å². The van der Waals surface area contributed by atoms with Crippen LogP contribution in [-0.4, -0.2) is 55.7 Å². The average Bonchev–Trinajstić information content (AvgIpc) is 2.34. The van der Waals surface area contributed by atoms with Crippen LogP contribution in [0.25, 0.3) is 0 Å². The lowest BCUT2D eigenvalue weighted by Crippen LogP contribution is -2.47. The molecule has 0 radical (unpaired) electrons. The summed E-state index contributed by atoms with van der Waals surface area (Å²) in [6, 6.07) is 0.541. The van der Waals surface area contributed by atoms with E-state index in [1.165, 1.54) is 0 Å². The molecular formula is C12H25ClN2O. The number of morpholine rings is 1. The fourth-order valence-electron chi connectivity index (χ4n) is 2.01. The van der Waals surface area contributed by atoms with E-state index in [1.807, 2.05) is 0 Å². The highest BCUT2D eigenvalue weighted by molar-refractivity contribution is 6.17. The maximum Gasteiger partial charge on any atom is 0.0826 e. The molecule has 1 rings (SSSR count). The third kappa shape index (κ3) is 5.48. The first-order valence-electron chi connectivity index (χ1n) is 6.39. The summed E-state index contributed by atoms with van der Waals surface area (Å²) >= 11 is 5.67. The van der Waals surface area contributed by atoms with E-state index in [9.17, 15) is 0 Å². The summed E-state index contributed by atoms with van der Waals surface area (Å²) in [6.45, 7) is 9.52. The van der Waals surface area contributed by atoms with Gasteiger partial charge in [-0.2, -0.15) is 0 Å². The molecule has 3 nitrogen and oxygen atoms in total. The van der Waals surface area contributed by atoms with Crippen LogP contribution in [0.2, 0.25) is 0 Å². The number of hydrogen-bond acceptors (Lipinski definition) is 3. The first-order chi connectivity index (χ1) is 7.76. The molecule has 0 bridgehead atoms. The summed E-state index contributed by atoms with van der Waals surface area (Å²) in [5.41, 5.74) is 0. The Kier molecular flexibility index (Phi) is 7.37. The maximum atomic E-state index is 5.73. The predicted octanol–water partition coefficient (Wildman–Crippen LogP) is 1.70. The van der Waals surface area contributed by atoms with Gasteiger partial charge in [-0.3, -0.25) is 4.90 Å². The summed E-state index contributed by atoms with van der Waals surface area (Å²) in [4.78, 5) is 2.44. The van der Waals surface area contributed by atoms with Crippen LogP contribution in [0, 0.1) is 0 Å². The smallest absolute Gasteiger partial charge is 0.0826 e. The highest BCUT2D eigenvalue weighted by atomic mass is 35.5. The first kappa shape index (κ1) is 14.2. The molecule has 1 saturated heterocycles. The third-order valence-electron chi connectivity index (χ3n) is 3.13. The van der Waals surface area contributed by atoms with Crippen LogP contribution in [0.5, 0.6) is 0 Å². The molecule has 1 aliphatic heterocycles. The average molecular weight is 249 g/mol. The third-order valence-corrected chi connectivity index (χ3v) is 3.40. The van der Waals surface area contributed by atoms with Crippen molar-refractivity contribution in [3.63, 3.8) is 0 Å². The molecule has 2 atom stereocenters. The zero-order chi connectivity index (χ0) is 11.8. The summed E-state index contributed by atoms with van der Waals surface area (Å²) in [5.74, 6) is 0.759. The molecule has 0 spiro atoms. The molecule has 96 valence electrons. The Labute approximate surface area is 104 Å². The van der Waals surface area contributed by atoms with E-state index in [1.54, 1.807) is 0 Å². The van der Waals surface area contributed by atoms with Crippen LogP contribution in [0.3, 0.4) is 0 Å². The maximum absolute atomic E-state index is 5.73. The van der Waals surface area contributed by atoms with Crippen molar-refractivity contribution in [3.8, 4) is 0 Å². The van der Waals surface area contributed by atoms with Crippen LogP contribution in [0.1, 0.15) is 26.7 Å². The largest absolute Gasteiger partial charge is 0.374 e. The summed E-state index contributed by atoms with van der Waals surface area (Å²) < 4.78 is 5.73. The van der Waals surface area contributed by atoms with Gasteiger partial charge in [0.25, 0.3) is 0 Å². The number of likely N-dealkylation sites (N-methyl/N-ethyl adjacent to an activating group) is 1. The molecule has 1 aliphatic rings. The first-order valence-corrected chi connectivity index (χ1v) is 6.93. The molecule has 0 amide bonds. The Hall–Kier alpha value is 0.170. The van der Waals surface area contributed by atoms with E-state index in [-0.39, 0.29) is 0 Å². The second-order valence-electron chi connectivity index (χ2n) is 4.53. The molecule has 0 aliphatic carbocycles. The molecule has 1 heterocycles. The van der Waals surface area contributed by atoms with Crippen LogP contribution in [-0.2, 0) is 4.74 Å². The van der Waals surface area contributed by atoms with Crippen molar-refractivity contribution < 1.29 is 4.74 Å². The van der Waals surface area contributed by atoms with Gasteiger partial charge in [0.2, 0.25) is 0 Å². The SMILES string of the molecule is CCN1CCOC(CNC(C)CCCCl)C1. The van der Waals surface area contributed by atoms with Crippen molar-refractivity contribution in [2.75, 3.05) is 38.7 Å². The molecule has 0 aromatic heterocycles. The molecular weight excluding hydrogens is 224 g/mol. The Morgan fingerprint density at radius 3 is 3.06 bits per heavy atom. The van der Waals surface area contributed by atoms with Gasteiger partial charge in [-0.25, -0.2) is 0 Å². The van der Waals surface area contributed by atoms with Crippen LogP contribution >= 0.6 is 11.6 Å². The van der Waals surface area contributed by atoms with E-state index in [0.29, 0.717) is 12.1 Å². The summed E-state index contributed by atoms with van der Waals surface area (Å²) in [7, 11) is 0. The number of rotatable bonds is 7. The number of nitrogens with zero attached hydrogens (tertiary/aromatic N) is 1. The molecule has 1 fully saturated rings. The zero-order valence-electron chi connectivity index (χ0n) is 10.5. The zero-order valence-corrected chi connectivity index (χ0v) is 11.3. The Balaban J connectivity index is 2.11. The van der Waals surface area contributed by atoms with Gasteiger partial charge in [-0.05, 0) is 26.3 Å². The highest BCUT2D eigenvalue weighted by Gasteiger charge is 2.19. The van der Waals surface area contributed by atoms with E-state index in [4.69, 9.17) is 16.3 Å². The lowest BCUT2D eigenvalue weighted by Gasteiger charge is -2.32. The second-order valence-corrected chi connectivity index (χ2v) is 4.90. The number of halogens is 1. The topological polar surface area (TPSA) is 24.5 Å². The number of hydrogen-bond donors (Lipinski definition) is 1. The van der Waals surface area contributed by atoms with E-state index in [2.05, 4.69) is 24.1 Å². The fourth-order valence-corrected chi connectivity index (χ4v) is 2.16. The van der Waals surface area contributed by atoms with Crippen molar-refractivity contribution in [3.05, 3.63) is 0 Å². The van der Waals surface area contributed by atoms with E-state index < -0.39 is 0 Å². The molecule has 0 saturated carbocycles. The molecule has 0 aromatic rings. The number of nitrogens with one attached hydrogen (secondary N) is 1. The molecule has 16 heavy (non-hydrogen) atoms. The monoisotopic (exact) mass is 248 g/mol.